The van der Waals surface area contributed by atoms with E-state index in [1.807, 2.05) is 13.8 Å². The number of piperazine rings is 1. The van der Waals surface area contributed by atoms with Crippen molar-refractivity contribution >= 4 is 0 Å². The molecule has 10 heavy (non-hydrogen) atoms. The maximum atomic E-state index is 10.1. The summed E-state index contributed by atoms with van der Waals surface area (Å²) < 4.78 is 0. The molecule has 1 saturated heterocycles. The first-order valence-corrected chi connectivity index (χ1v) is 3.56. The van der Waals surface area contributed by atoms with Crippen molar-refractivity contribution in [2.75, 3.05) is 13.1 Å². The number of hydrogen-bond acceptors (Lipinski definition) is 3. The van der Waals surface area contributed by atoms with Crippen LogP contribution in [-0.2, 0) is 0 Å². The smallest absolute Gasteiger partial charge is 0.0544 e. The van der Waals surface area contributed by atoms with Crippen LogP contribution in [0.15, 0.2) is 5.29 Å². The zero-order valence-electron chi connectivity index (χ0n) is 6.37. The molecule has 1 rings (SSSR count). The number of nitrogens with zero attached hydrogens (tertiary/aromatic N) is 2. The van der Waals surface area contributed by atoms with E-state index in [1.54, 1.807) is 5.01 Å². The Hall–Kier alpha value is -0.640. The van der Waals surface area contributed by atoms with Crippen LogP contribution in [0.3, 0.4) is 0 Å². The van der Waals surface area contributed by atoms with Gasteiger partial charge in [0.1, 0.15) is 0 Å². The highest BCUT2D eigenvalue weighted by Crippen LogP contribution is 2.02. The van der Waals surface area contributed by atoms with Gasteiger partial charge < -0.3 is 5.32 Å². The highest BCUT2D eigenvalue weighted by atomic mass is 16.3. The minimum Gasteiger partial charge on any atom is -0.308 e. The van der Waals surface area contributed by atoms with E-state index in [1.165, 1.54) is 0 Å². The normalized spacial score (nSPS) is 34.0. The summed E-state index contributed by atoms with van der Waals surface area (Å²) in [5, 5.41) is 7.76. The second-order valence-corrected chi connectivity index (χ2v) is 2.92. The van der Waals surface area contributed by atoms with Gasteiger partial charge in [-0.05, 0) is 13.8 Å². The number of hydrogen-bond donors (Lipinski definition) is 1. The monoisotopic (exact) mass is 143 g/mol. The standard InChI is InChI=1S/C6H13N3O/c1-5-3-9(8-10)4-6(2)7-5/h5-7H,3-4H2,1-2H3/t5-,6+. The molecule has 0 unspecified atom stereocenters. The fourth-order valence-electron chi connectivity index (χ4n) is 1.36. The third-order valence-electron chi connectivity index (χ3n) is 1.65. The van der Waals surface area contributed by atoms with E-state index < -0.39 is 0 Å². The first-order valence-electron chi connectivity index (χ1n) is 3.56. The SMILES string of the molecule is C[C@@H]1CN(N=O)C[C@H](C)N1. The summed E-state index contributed by atoms with van der Waals surface area (Å²) >= 11 is 0. The second kappa shape index (κ2) is 2.96. The molecule has 0 aromatic heterocycles. The lowest BCUT2D eigenvalue weighted by Gasteiger charge is -2.31. The van der Waals surface area contributed by atoms with Crippen molar-refractivity contribution < 1.29 is 0 Å². The lowest BCUT2D eigenvalue weighted by atomic mass is 10.2. The summed E-state index contributed by atoms with van der Waals surface area (Å²) in [4.78, 5) is 10.1. The van der Waals surface area contributed by atoms with Gasteiger partial charge in [0.2, 0.25) is 0 Å². The Morgan fingerprint density at radius 2 is 1.90 bits per heavy atom. The predicted molar refractivity (Wildman–Crippen MR) is 39.4 cm³/mol. The molecule has 1 aliphatic heterocycles. The van der Waals surface area contributed by atoms with Crippen molar-refractivity contribution in [3.63, 3.8) is 0 Å². The summed E-state index contributed by atoms with van der Waals surface area (Å²) in [6.07, 6.45) is 0. The molecule has 58 valence electrons. The van der Waals surface area contributed by atoms with Gasteiger partial charge in [-0.3, -0.25) is 5.01 Å². The quantitative estimate of drug-likeness (QED) is 0.539. The lowest BCUT2D eigenvalue weighted by molar-refractivity contribution is 0.177. The maximum absolute atomic E-state index is 10.1. The zero-order valence-corrected chi connectivity index (χ0v) is 6.37. The third-order valence-corrected chi connectivity index (χ3v) is 1.65. The van der Waals surface area contributed by atoms with Crippen LogP contribution in [0.5, 0.6) is 0 Å². The Labute approximate surface area is 60.5 Å². The molecule has 1 fully saturated rings. The van der Waals surface area contributed by atoms with E-state index in [0.29, 0.717) is 12.1 Å². The molecule has 0 aromatic carbocycles. The Morgan fingerprint density at radius 3 is 2.30 bits per heavy atom. The first kappa shape index (κ1) is 7.47. The molecule has 1 heterocycles. The largest absolute Gasteiger partial charge is 0.308 e. The van der Waals surface area contributed by atoms with Crippen LogP contribution in [0.4, 0.5) is 0 Å². The van der Waals surface area contributed by atoms with Crippen LogP contribution in [0.1, 0.15) is 13.8 Å². The van der Waals surface area contributed by atoms with E-state index in [0.717, 1.165) is 13.1 Å². The van der Waals surface area contributed by atoms with Gasteiger partial charge in [0.05, 0.1) is 18.4 Å². The maximum Gasteiger partial charge on any atom is 0.0544 e. The summed E-state index contributed by atoms with van der Waals surface area (Å²) in [5.41, 5.74) is 0. The van der Waals surface area contributed by atoms with Crippen LogP contribution in [0.2, 0.25) is 0 Å². The molecule has 4 heteroatoms. The number of rotatable bonds is 1. The minimum atomic E-state index is 0.376. The summed E-state index contributed by atoms with van der Waals surface area (Å²) in [6, 6.07) is 0.753. The molecule has 0 aromatic rings. The van der Waals surface area contributed by atoms with Crippen LogP contribution >= 0.6 is 0 Å². The van der Waals surface area contributed by atoms with E-state index in [-0.39, 0.29) is 0 Å². The predicted octanol–water partition coefficient (Wildman–Crippen LogP) is 0.350. The summed E-state index contributed by atoms with van der Waals surface area (Å²) in [6.45, 7) is 5.56. The topological polar surface area (TPSA) is 44.7 Å². The molecule has 0 amide bonds. The van der Waals surface area contributed by atoms with Gasteiger partial charge in [-0.2, -0.15) is 0 Å². The van der Waals surface area contributed by atoms with E-state index in [2.05, 4.69) is 10.6 Å². The first-order chi connectivity index (χ1) is 4.72. The third kappa shape index (κ3) is 1.67. The molecule has 0 saturated carbocycles. The Bertz CT molecular complexity index is 118. The number of nitroso groups, excluding NO2 is 1. The van der Waals surface area contributed by atoms with Crippen LogP contribution < -0.4 is 5.32 Å². The Morgan fingerprint density at radius 1 is 1.40 bits per heavy atom. The van der Waals surface area contributed by atoms with Crippen molar-refractivity contribution in [3.05, 3.63) is 4.91 Å². The van der Waals surface area contributed by atoms with Gasteiger partial charge in [0.25, 0.3) is 0 Å². The average Bonchev–Trinajstić information content (AvgIpc) is 1.85. The Kier molecular flexibility index (Phi) is 2.21. The zero-order chi connectivity index (χ0) is 7.56. The van der Waals surface area contributed by atoms with Crippen molar-refractivity contribution in [2.45, 2.75) is 25.9 Å². The van der Waals surface area contributed by atoms with Crippen LogP contribution in [0, 0.1) is 4.91 Å². The Balaban J connectivity index is 2.42. The van der Waals surface area contributed by atoms with E-state index >= 15 is 0 Å². The van der Waals surface area contributed by atoms with Crippen molar-refractivity contribution in [2.24, 2.45) is 5.29 Å². The van der Waals surface area contributed by atoms with Crippen LogP contribution in [0.25, 0.3) is 0 Å². The van der Waals surface area contributed by atoms with E-state index in [9.17, 15) is 4.91 Å². The molecular weight excluding hydrogens is 130 g/mol. The van der Waals surface area contributed by atoms with Gasteiger partial charge in [0, 0.05) is 12.1 Å². The fourth-order valence-corrected chi connectivity index (χ4v) is 1.36. The highest BCUT2D eigenvalue weighted by molar-refractivity contribution is 4.78. The second-order valence-electron chi connectivity index (χ2n) is 2.92. The molecule has 0 aliphatic carbocycles. The number of nitrogens with one attached hydrogen (secondary N) is 1. The van der Waals surface area contributed by atoms with Crippen molar-refractivity contribution in [1.29, 1.82) is 0 Å². The van der Waals surface area contributed by atoms with Gasteiger partial charge in [-0.15, -0.1) is 4.91 Å². The molecule has 1 aliphatic rings. The average molecular weight is 143 g/mol. The lowest BCUT2D eigenvalue weighted by Crippen LogP contribution is -2.52. The van der Waals surface area contributed by atoms with Gasteiger partial charge in [0.15, 0.2) is 0 Å². The molecule has 0 spiro atoms. The van der Waals surface area contributed by atoms with Crippen LogP contribution in [-0.4, -0.2) is 30.2 Å². The molecule has 2 atom stereocenters. The molecule has 4 nitrogen and oxygen atoms in total. The molecule has 0 bridgehead atoms. The fraction of sp³-hybridized carbons (Fsp3) is 1.00. The van der Waals surface area contributed by atoms with Gasteiger partial charge in [-0.1, -0.05) is 0 Å². The molecular formula is C6H13N3O. The van der Waals surface area contributed by atoms with Gasteiger partial charge >= 0.3 is 0 Å². The summed E-state index contributed by atoms with van der Waals surface area (Å²) in [5.74, 6) is 0. The van der Waals surface area contributed by atoms with Gasteiger partial charge in [-0.25, -0.2) is 0 Å². The summed E-state index contributed by atoms with van der Waals surface area (Å²) in [7, 11) is 0. The molecule has 0 radical (unpaired) electrons. The minimum absolute atomic E-state index is 0.376. The molecule has 1 N–H and O–H groups in total. The van der Waals surface area contributed by atoms with E-state index in [4.69, 9.17) is 0 Å². The van der Waals surface area contributed by atoms with Crippen molar-refractivity contribution in [3.8, 4) is 0 Å². The van der Waals surface area contributed by atoms with Crippen molar-refractivity contribution in [1.82, 2.24) is 10.3 Å². The highest BCUT2D eigenvalue weighted by Gasteiger charge is 2.19.